The van der Waals surface area contributed by atoms with Crippen LogP contribution in [0.2, 0.25) is 0 Å². The number of fused-ring (bicyclic) bond motifs is 1. The Morgan fingerprint density at radius 1 is 1.17 bits per heavy atom. The van der Waals surface area contributed by atoms with Crippen LogP contribution in [0.3, 0.4) is 0 Å². The number of pyridine rings is 2. The van der Waals surface area contributed by atoms with E-state index in [-0.39, 0.29) is 22.8 Å². The summed E-state index contributed by atoms with van der Waals surface area (Å²) in [7, 11) is 1.38. The van der Waals surface area contributed by atoms with Crippen LogP contribution in [0.25, 0.3) is 11.1 Å². The highest BCUT2D eigenvalue weighted by molar-refractivity contribution is 6.05. The first kappa shape index (κ1) is 18.7. The summed E-state index contributed by atoms with van der Waals surface area (Å²) in [5, 5.41) is 4.08. The van der Waals surface area contributed by atoms with Crippen LogP contribution in [0.4, 0.5) is 14.6 Å². The number of anilines is 1. The molecule has 0 saturated carbocycles. The van der Waals surface area contributed by atoms with Crippen molar-refractivity contribution in [3.05, 3.63) is 53.7 Å². The van der Waals surface area contributed by atoms with Crippen molar-refractivity contribution in [2.75, 3.05) is 18.6 Å². The van der Waals surface area contributed by atoms with E-state index in [9.17, 15) is 18.4 Å². The fourth-order valence-corrected chi connectivity index (χ4v) is 3.23. The van der Waals surface area contributed by atoms with Crippen LogP contribution in [0.5, 0.6) is 5.75 Å². The topological polar surface area (TPSA) is 90.2 Å². The van der Waals surface area contributed by atoms with E-state index in [2.05, 4.69) is 15.1 Å². The summed E-state index contributed by atoms with van der Waals surface area (Å²) in [5.74, 6) is 0.222. The first-order chi connectivity index (χ1) is 14.0. The second-order valence-corrected chi connectivity index (χ2v) is 6.25. The molecule has 0 aromatic carbocycles. The molecule has 0 fully saturated rings. The molecular weight excluding hydrogens is 384 g/mol. The molecule has 1 aliphatic heterocycles. The van der Waals surface area contributed by atoms with Gasteiger partial charge in [-0.1, -0.05) is 0 Å². The minimum atomic E-state index is -2.79. The number of halogens is 2. The van der Waals surface area contributed by atoms with Gasteiger partial charge in [-0.3, -0.25) is 24.2 Å². The first-order valence-corrected chi connectivity index (χ1v) is 8.65. The highest BCUT2D eigenvalue weighted by Gasteiger charge is 2.28. The molecule has 0 radical (unpaired) electrons. The average molecular weight is 399 g/mol. The molecule has 0 saturated heterocycles. The first-order valence-electron chi connectivity index (χ1n) is 8.65. The predicted octanol–water partition coefficient (Wildman–Crippen LogP) is 2.76. The van der Waals surface area contributed by atoms with Crippen LogP contribution >= 0.6 is 0 Å². The van der Waals surface area contributed by atoms with Crippen LogP contribution in [0, 0.1) is 0 Å². The van der Waals surface area contributed by atoms with Gasteiger partial charge in [-0.15, -0.1) is 0 Å². The number of alkyl halides is 2. The number of hydrogen-bond acceptors (Lipinski definition) is 6. The monoisotopic (exact) mass is 399 g/mol. The third kappa shape index (κ3) is 3.22. The molecule has 4 heterocycles. The van der Waals surface area contributed by atoms with Crippen molar-refractivity contribution in [1.29, 1.82) is 0 Å². The summed E-state index contributed by atoms with van der Waals surface area (Å²) < 4.78 is 33.2. The standard InChI is InChI=1S/C19H15F2N5O3/c1-29-16-9-22-14(18(20)21)6-13(16)12-7-17(23-8-11(12)10-27)25-4-5-26-15(19(25)28)2-3-24-26/h2-3,6-10,18H,4-5H2,1H3. The molecule has 3 aromatic rings. The molecular formula is C19H15F2N5O3. The fourth-order valence-electron chi connectivity index (χ4n) is 3.23. The SMILES string of the molecule is COc1cnc(C(F)F)cc1-c1cc(N2CCn3nccc3C2=O)ncc1C=O. The molecule has 8 nitrogen and oxygen atoms in total. The Kier molecular flexibility index (Phi) is 4.75. The number of nitrogens with zero attached hydrogens (tertiary/aromatic N) is 5. The van der Waals surface area contributed by atoms with Gasteiger partial charge in [0.15, 0.2) is 6.29 Å². The largest absolute Gasteiger partial charge is 0.494 e. The Labute approximate surface area is 163 Å². The smallest absolute Gasteiger partial charge is 0.280 e. The Bertz CT molecular complexity index is 1100. The number of aromatic nitrogens is 4. The van der Waals surface area contributed by atoms with E-state index in [1.807, 2.05) is 0 Å². The quantitative estimate of drug-likeness (QED) is 0.613. The Morgan fingerprint density at radius 3 is 2.72 bits per heavy atom. The molecule has 0 atom stereocenters. The average Bonchev–Trinajstić information content (AvgIpc) is 3.23. The zero-order valence-corrected chi connectivity index (χ0v) is 15.2. The second-order valence-electron chi connectivity index (χ2n) is 6.25. The van der Waals surface area contributed by atoms with Crippen molar-refractivity contribution in [3.63, 3.8) is 0 Å². The Morgan fingerprint density at radius 2 is 2.00 bits per heavy atom. The van der Waals surface area contributed by atoms with Crippen LogP contribution in [0.15, 0.2) is 36.8 Å². The summed E-state index contributed by atoms with van der Waals surface area (Å²) in [4.78, 5) is 33.7. The lowest BCUT2D eigenvalue weighted by molar-refractivity contribution is 0.0961. The van der Waals surface area contributed by atoms with Gasteiger partial charge < -0.3 is 4.74 Å². The lowest BCUT2D eigenvalue weighted by Crippen LogP contribution is -2.41. The maximum Gasteiger partial charge on any atom is 0.280 e. The van der Waals surface area contributed by atoms with Gasteiger partial charge in [-0.05, 0) is 18.2 Å². The lowest BCUT2D eigenvalue weighted by atomic mass is 10.0. The summed E-state index contributed by atoms with van der Waals surface area (Å²) in [5.41, 5.74) is 0.721. The number of carbonyl (C=O) groups is 2. The molecule has 0 N–H and O–H groups in total. The van der Waals surface area contributed by atoms with Gasteiger partial charge >= 0.3 is 0 Å². The molecule has 1 amide bonds. The molecule has 0 bridgehead atoms. The zero-order chi connectivity index (χ0) is 20.5. The van der Waals surface area contributed by atoms with Gasteiger partial charge in [0, 0.05) is 35.6 Å². The molecule has 0 aliphatic carbocycles. The van der Waals surface area contributed by atoms with Gasteiger partial charge in [0.25, 0.3) is 12.3 Å². The van der Waals surface area contributed by atoms with Crippen molar-refractivity contribution < 1.29 is 23.1 Å². The number of carbonyl (C=O) groups excluding carboxylic acids is 2. The van der Waals surface area contributed by atoms with Gasteiger partial charge in [-0.25, -0.2) is 13.8 Å². The molecule has 10 heteroatoms. The van der Waals surface area contributed by atoms with E-state index >= 15 is 0 Å². The molecule has 0 spiro atoms. The van der Waals surface area contributed by atoms with Gasteiger partial charge in [-0.2, -0.15) is 5.10 Å². The number of methoxy groups -OCH3 is 1. The highest BCUT2D eigenvalue weighted by Crippen LogP contribution is 2.35. The van der Waals surface area contributed by atoms with Crippen molar-refractivity contribution >= 4 is 18.0 Å². The predicted molar refractivity (Wildman–Crippen MR) is 98.3 cm³/mol. The summed E-state index contributed by atoms with van der Waals surface area (Å²) in [6.45, 7) is 0.810. The van der Waals surface area contributed by atoms with Crippen molar-refractivity contribution in [2.24, 2.45) is 0 Å². The third-order valence-electron chi connectivity index (χ3n) is 4.66. The fraction of sp³-hybridized carbons (Fsp3) is 0.211. The minimum Gasteiger partial charge on any atom is -0.494 e. The van der Waals surface area contributed by atoms with Crippen LogP contribution in [-0.2, 0) is 6.54 Å². The van der Waals surface area contributed by atoms with Crippen LogP contribution in [0.1, 0.15) is 33.0 Å². The second kappa shape index (κ2) is 7.38. The van der Waals surface area contributed by atoms with E-state index in [0.29, 0.717) is 36.5 Å². The number of ether oxygens (including phenoxy) is 1. The van der Waals surface area contributed by atoms with Crippen molar-refractivity contribution in [3.8, 4) is 16.9 Å². The Balaban J connectivity index is 1.83. The lowest BCUT2D eigenvalue weighted by Gasteiger charge is -2.27. The van der Waals surface area contributed by atoms with Gasteiger partial charge in [0.1, 0.15) is 23.0 Å². The van der Waals surface area contributed by atoms with Crippen molar-refractivity contribution in [1.82, 2.24) is 19.7 Å². The number of amides is 1. The molecule has 0 unspecified atom stereocenters. The molecule has 1 aliphatic rings. The van der Waals surface area contributed by atoms with E-state index in [0.717, 1.165) is 0 Å². The maximum absolute atomic E-state index is 13.2. The molecule has 29 heavy (non-hydrogen) atoms. The maximum atomic E-state index is 13.2. The molecule has 3 aromatic heterocycles. The number of rotatable bonds is 5. The Hall–Kier alpha value is -3.69. The van der Waals surface area contributed by atoms with E-state index in [1.54, 1.807) is 16.9 Å². The van der Waals surface area contributed by atoms with Crippen LogP contribution in [-0.4, -0.2) is 45.6 Å². The third-order valence-corrected chi connectivity index (χ3v) is 4.66. The van der Waals surface area contributed by atoms with Gasteiger partial charge in [0.05, 0.1) is 19.9 Å². The van der Waals surface area contributed by atoms with E-state index in [4.69, 9.17) is 4.74 Å². The van der Waals surface area contributed by atoms with Gasteiger partial charge in [0.2, 0.25) is 0 Å². The normalized spacial score (nSPS) is 13.5. The molecule has 4 rings (SSSR count). The van der Waals surface area contributed by atoms with E-state index in [1.165, 1.54) is 36.5 Å². The van der Waals surface area contributed by atoms with Crippen molar-refractivity contribution in [2.45, 2.75) is 13.0 Å². The molecule has 148 valence electrons. The van der Waals surface area contributed by atoms with Crippen LogP contribution < -0.4 is 9.64 Å². The number of hydrogen-bond donors (Lipinski definition) is 0. The minimum absolute atomic E-state index is 0.174. The van der Waals surface area contributed by atoms with E-state index < -0.39 is 12.1 Å². The number of aldehydes is 1. The summed E-state index contributed by atoms with van der Waals surface area (Å²) in [6, 6.07) is 4.29. The summed E-state index contributed by atoms with van der Waals surface area (Å²) in [6.07, 6.45) is 1.80. The zero-order valence-electron chi connectivity index (χ0n) is 15.2. The highest BCUT2D eigenvalue weighted by atomic mass is 19.3. The summed E-state index contributed by atoms with van der Waals surface area (Å²) >= 11 is 0.